The molecule has 0 aliphatic carbocycles. The monoisotopic (exact) mass is 369 g/mol. The molecule has 0 aliphatic heterocycles. The topological polar surface area (TPSA) is 65.4 Å². The van der Waals surface area contributed by atoms with Gasteiger partial charge in [0.25, 0.3) is 5.91 Å². The van der Waals surface area contributed by atoms with Gasteiger partial charge in [0.2, 0.25) is 0 Å². The second-order valence-electron chi connectivity index (χ2n) is 5.95. The lowest BCUT2D eigenvalue weighted by Crippen LogP contribution is -2.30. The molecule has 3 aromatic rings. The second kappa shape index (κ2) is 7.90. The third-order valence-electron chi connectivity index (χ3n) is 3.99. The molecule has 0 unspecified atom stereocenters. The Morgan fingerprint density at radius 3 is 2.70 bits per heavy atom. The molecule has 0 saturated heterocycles. The molecule has 0 radical (unpaired) electrons. The van der Waals surface area contributed by atoms with Gasteiger partial charge in [-0.15, -0.1) is 0 Å². The summed E-state index contributed by atoms with van der Waals surface area (Å²) in [4.78, 5) is 12.4. The number of halogens is 1. The fraction of sp³-hybridized carbons (Fsp3) is 0.200. The van der Waals surface area contributed by atoms with E-state index in [1.807, 2.05) is 24.3 Å². The molecule has 27 heavy (non-hydrogen) atoms. The number of para-hydroxylation sites is 1. The number of carbonyl (C=O) groups excluding carboxylic acids is 1. The van der Waals surface area contributed by atoms with Gasteiger partial charge in [-0.1, -0.05) is 18.2 Å². The van der Waals surface area contributed by atoms with E-state index in [-0.39, 0.29) is 11.7 Å². The smallest absolute Gasteiger partial charge is 0.266 e. The van der Waals surface area contributed by atoms with Gasteiger partial charge in [0.15, 0.2) is 6.10 Å². The predicted molar refractivity (Wildman–Crippen MR) is 100 cm³/mol. The molecule has 1 heterocycles. The quantitative estimate of drug-likeness (QED) is 0.720. The van der Waals surface area contributed by atoms with Crippen LogP contribution < -0.4 is 14.8 Å². The van der Waals surface area contributed by atoms with Crippen molar-refractivity contribution in [1.82, 2.24) is 9.78 Å². The van der Waals surface area contributed by atoms with Crippen LogP contribution in [0.4, 0.5) is 10.2 Å². The molecule has 0 fully saturated rings. The summed E-state index contributed by atoms with van der Waals surface area (Å²) >= 11 is 0. The largest absolute Gasteiger partial charge is 0.496 e. The van der Waals surface area contributed by atoms with Crippen LogP contribution in [0.2, 0.25) is 0 Å². The van der Waals surface area contributed by atoms with E-state index < -0.39 is 11.9 Å². The van der Waals surface area contributed by atoms with Crippen molar-refractivity contribution in [3.8, 4) is 22.8 Å². The maximum absolute atomic E-state index is 13.2. The number of aryl methyl sites for hydroxylation is 1. The third kappa shape index (κ3) is 4.25. The van der Waals surface area contributed by atoms with Crippen molar-refractivity contribution in [1.29, 1.82) is 0 Å². The number of hydrogen-bond acceptors (Lipinski definition) is 4. The van der Waals surface area contributed by atoms with E-state index in [4.69, 9.17) is 9.47 Å². The van der Waals surface area contributed by atoms with Crippen molar-refractivity contribution in [2.45, 2.75) is 13.0 Å². The lowest BCUT2D eigenvalue weighted by Gasteiger charge is -2.14. The first-order valence-electron chi connectivity index (χ1n) is 8.38. The lowest BCUT2D eigenvalue weighted by molar-refractivity contribution is -0.122. The fourth-order valence-corrected chi connectivity index (χ4v) is 2.60. The molecule has 0 saturated carbocycles. The fourth-order valence-electron chi connectivity index (χ4n) is 2.60. The second-order valence-corrected chi connectivity index (χ2v) is 5.95. The van der Waals surface area contributed by atoms with E-state index in [2.05, 4.69) is 10.4 Å². The van der Waals surface area contributed by atoms with Crippen LogP contribution in [0.3, 0.4) is 0 Å². The van der Waals surface area contributed by atoms with Crippen molar-refractivity contribution >= 4 is 11.7 Å². The van der Waals surface area contributed by atoms with E-state index in [0.717, 1.165) is 5.56 Å². The van der Waals surface area contributed by atoms with Gasteiger partial charge in [0.1, 0.15) is 23.1 Å². The number of anilines is 1. The highest BCUT2D eigenvalue weighted by molar-refractivity contribution is 5.94. The zero-order valence-electron chi connectivity index (χ0n) is 15.3. The SMILES string of the molecule is COc1ccccc1-c1cc(NC(=O)[C@@H](C)Oc2cccc(F)c2)n(C)n1. The lowest BCUT2D eigenvalue weighted by atomic mass is 10.1. The summed E-state index contributed by atoms with van der Waals surface area (Å²) in [7, 11) is 3.32. The van der Waals surface area contributed by atoms with Gasteiger partial charge in [0.05, 0.1) is 12.8 Å². The molecular weight excluding hydrogens is 349 g/mol. The molecule has 0 bridgehead atoms. The van der Waals surface area contributed by atoms with Crippen molar-refractivity contribution in [2.75, 3.05) is 12.4 Å². The number of benzene rings is 2. The van der Waals surface area contributed by atoms with Crippen LogP contribution in [0.25, 0.3) is 11.3 Å². The van der Waals surface area contributed by atoms with E-state index in [1.165, 1.54) is 18.2 Å². The maximum Gasteiger partial charge on any atom is 0.266 e. The van der Waals surface area contributed by atoms with Crippen LogP contribution >= 0.6 is 0 Å². The Labute approximate surface area is 156 Å². The highest BCUT2D eigenvalue weighted by Crippen LogP contribution is 2.30. The highest BCUT2D eigenvalue weighted by Gasteiger charge is 2.18. The molecular formula is C20H20FN3O3. The van der Waals surface area contributed by atoms with Crippen molar-refractivity contribution in [2.24, 2.45) is 7.05 Å². The predicted octanol–water partition coefficient (Wildman–Crippen LogP) is 3.64. The van der Waals surface area contributed by atoms with E-state index in [1.54, 1.807) is 37.9 Å². The van der Waals surface area contributed by atoms with E-state index >= 15 is 0 Å². The molecule has 0 aliphatic rings. The molecule has 1 amide bonds. The number of methoxy groups -OCH3 is 1. The molecule has 3 rings (SSSR count). The number of amides is 1. The molecule has 2 aromatic carbocycles. The summed E-state index contributed by atoms with van der Waals surface area (Å²) in [6.07, 6.45) is -0.809. The average Bonchev–Trinajstić information content (AvgIpc) is 3.02. The summed E-state index contributed by atoms with van der Waals surface area (Å²) in [5.41, 5.74) is 1.49. The first-order chi connectivity index (χ1) is 13.0. The molecule has 1 atom stereocenters. The van der Waals surface area contributed by atoms with Crippen LogP contribution in [-0.4, -0.2) is 28.9 Å². The Kier molecular flexibility index (Phi) is 5.40. The third-order valence-corrected chi connectivity index (χ3v) is 3.99. The van der Waals surface area contributed by atoms with E-state index in [0.29, 0.717) is 17.3 Å². The van der Waals surface area contributed by atoms with Gasteiger partial charge < -0.3 is 14.8 Å². The van der Waals surface area contributed by atoms with E-state index in [9.17, 15) is 9.18 Å². The van der Waals surface area contributed by atoms with Gasteiger partial charge in [-0.25, -0.2) is 4.39 Å². The van der Waals surface area contributed by atoms with Crippen LogP contribution in [-0.2, 0) is 11.8 Å². The molecule has 1 aromatic heterocycles. The van der Waals surface area contributed by atoms with Crippen LogP contribution in [0.5, 0.6) is 11.5 Å². The Bertz CT molecular complexity index is 955. The number of aromatic nitrogens is 2. The minimum absolute atomic E-state index is 0.289. The van der Waals surface area contributed by atoms with Crippen LogP contribution in [0, 0.1) is 5.82 Å². The van der Waals surface area contributed by atoms with Gasteiger partial charge in [0, 0.05) is 24.7 Å². The van der Waals surface area contributed by atoms with Crippen molar-refractivity contribution in [3.05, 3.63) is 60.4 Å². The summed E-state index contributed by atoms with van der Waals surface area (Å²) < 4.78 is 25.7. The number of nitrogens with zero attached hydrogens (tertiary/aromatic N) is 2. The van der Waals surface area contributed by atoms with Gasteiger partial charge in [-0.3, -0.25) is 9.48 Å². The summed E-state index contributed by atoms with van der Waals surface area (Å²) in [6, 6.07) is 14.9. The standard InChI is InChI=1S/C20H20FN3O3/c1-13(27-15-8-6-7-14(21)11-15)20(25)22-19-12-17(23-24(19)2)16-9-4-5-10-18(16)26-3/h4-13H,1-3H3,(H,22,25)/t13-/m1/s1. The summed E-state index contributed by atoms with van der Waals surface area (Å²) in [5, 5.41) is 7.20. The highest BCUT2D eigenvalue weighted by atomic mass is 19.1. The van der Waals surface area contributed by atoms with Gasteiger partial charge in [-0.2, -0.15) is 5.10 Å². The summed E-state index contributed by atoms with van der Waals surface area (Å²) in [6.45, 7) is 1.59. The van der Waals surface area contributed by atoms with Gasteiger partial charge >= 0.3 is 0 Å². The van der Waals surface area contributed by atoms with Crippen molar-refractivity contribution in [3.63, 3.8) is 0 Å². The Morgan fingerprint density at radius 1 is 1.19 bits per heavy atom. The Morgan fingerprint density at radius 2 is 1.96 bits per heavy atom. The number of carbonyl (C=O) groups is 1. The minimum atomic E-state index is -0.809. The molecule has 6 nitrogen and oxygen atoms in total. The molecule has 0 spiro atoms. The molecule has 7 heteroatoms. The van der Waals surface area contributed by atoms with Crippen LogP contribution in [0.15, 0.2) is 54.6 Å². The number of ether oxygens (including phenoxy) is 2. The summed E-state index contributed by atoms with van der Waals surface area (Å²) in [5.74, 6) is 0.700. The van der Waals surface area contributed by atoms with Crippen molar-refractivity contribution < 1.29 is 18.7 Å². The maximum atomic E-state index is 13.2. The van der Waals surface area contributed by atoms with Crippen LogP contribution in [0.1, 0.15) is 6.92 Å². The number of rotatable bonds is 6. The normalized spacial score (nSPS) is 11.7. The van der Waals surface area contributed by atoms with Gasteiger partial charge in [-0.05, 0) is 31.2 Å². The number of nitrogens with one attached hydrogen (secondary N) is 1. The Balaban J connectivity index is 1.74. The first kappa shape index (κ1) is 18.4. The zero-order chi connectivity index (χ0) is 19.4. The minimum Gasteiger partial charge on any atom is -0.496 e. The zero-order valence-corrected chi connectivity index (χ0v) is 15.3. The first-order valence-corrected chi connectivity index (χ1v) is 8.38. The molecule has 1 N–H and O–H groups in total. The Hall–Kier alpha value is -3.35. The molecule has 140 valence electrons. The number of hydrogen-bond donors (Lipinski definition) is 1. The average molecular weight is 369 g/mol.